The number of nitrogen functional groups attached to an aromatic ring is 1. The van der Waals surface area contributed by atoms with Gasteiger partial charge in [-0.05, 0) is 62.2 Å². The van der Waals surface area contributed by atoms with Gasteiger partial charge < -0.3 is 20.6 Å². The van der Waals surface area contributed by atoms with Gasteiger partial charge >= 0.3 is 0 Å². The van der Waals surface area contributed by atoms with Crippen LogP contribution < -0.4 is 15.5 Å². The molecule has 0 spiro atoms. The van der Waals surface area contributed by atoms with Crippen LogP contribution in [0.4, 0.5) is 17.2 Å². The van der Waals surface area contributed by atoms with Crippen LogP contribution in [0.1, 0.15) is 31.4 Å². The molecule has 3 aromatic rings. The number of phenolic OH excluding ortho intramolecular Hbond substituents is 1. The third-order valence-electron chi connectivity index (χ3n) is 6.93. The average molecular weight is 484 g/mol. The van der Waals surface area contributed by atoms with Crippen LogP contribution in [0, 0.1) is 11.8 Å². The van der Waals surface area contributed by atoms with E-state index in [1.807, 2.05) is 30.5 Å². The molecule has 0 unspecified atom stereocenters. The lowest BCUT2D eigenvalue weighted by Crippen LogP contribution is -2.46. The molecule has 8 nitrogen and oxygen atoms in total. The zero-order valence-electron chi connectivity index (χ0n) is 20.6. The highest BCUT2D eigenvalue weighted by molar-refractivity contribution is 5.74. The lowest BCUT2D eigenvalue weighted by atomic mass is 10.1. The SMILES string of the molecule is Nc1nnc(-c2ccccc2O)cc1N1CCN(c2ccnc(C#CCN3CCCCCC3)c2)CC1. The number of phenols is 1. The third-order valence-corrected chi connectivity index (χ3v) is 6.93. The van der Waals surface area contributed by atoms with Gasteiger partial charge in [0.05, 0.1) is 17.9 Å². The number of rotatable bonds is 4. The number of piperazine rings is 1. The van der Waals surface area contributed by atoms with Crippen LogP contribution in [0.3, 0.4) is 0 Å². The molecular formula is C28H33N7O. The van der Waals surface area contributed by atoms with Crippen molar-refractivity contribution in [1.82, 2.24) is 20.1 Å². The fourth-order valence-electron chi connectivity index (χ4n) is 4.89. The van der Waals surface area contributed by atoms with Crippen LogP contribution >= 0.6 is 0 Å². The van der Waals surface area contributed by atoms with Crippen LogP contribution in [0.2, 0.25) is 0 Å². The predicted octanol–water partition coefficient (Wildman–Crippen LogP) is 3.38. The second-order valence-electron chi connectivity index (χ2n) is 9.38. The van der Waals surface area contributed by atoms with Crippen molar-refractivity contribution in [3.8, 4) is 28.8 Å². The van der Waals surface area contributed by atoms with Crippen LogP contribution in [0.15, 0.2) is 48.7 Å². The molecule has 2 saturated heterocycles. The number of likely N-dealkylation sites (tertiary alicyclic amines) is 1. The first-order valence-electron chi connectivity index (χ1n) is 12.8. The van der Waals surface area contributed by atoms with E-state index in [4.69, 9.17) is 5.73 Å². The van der Waals surface area contributed by atoms with Crippen molar-refractivity contribution in [2.24, 2.45) is 0 Å². The van der Waals surface area contributed by atoms with Crippen molar-refractivity contribution in [2.45, 2.75) is 25.7 Å². The summed E-state index contributed by atoms with van der Waals surface area (Å²) >= 11 is 0. The van der Waals surface area contributed by atoms with Gasteiger partial charge in [-0.1, -0.05) is 30.9 Å². The summed E-state index contributed by atoms with van der Waals surface area (Å²) in [4.78, 5) is 11.5. The number of aromatic hydroxyl groups is 1. The van der Waals surface area contributed by atoms with Crippen molar-refractivity contribution < 1.29 is 5.11 Å². The van der Waals surface area contributed by atoms with E-state index < -0.39 is 0 Å². The molecule has 2 aliphatic heterocycles. The van der Waals surface area contributed by atoms with Crippen LogP contribution in [-0.4, -0.2) is 71.0 Å². The first-order chi connectivity index (χ1) is 17.7. The van der Waals surface area contributed by atoms with E-state index in [0.29, 0.717) is 17.1 Å². The lowest BCUT2D eigenvalue weighted by molar-refractivity contribution is 0.320. The summed E-state index contributed by atoms with van der Waals surface area (Å²) < 4.78 is 0. The molecule has 2 aliphatic rings. The molecule has 0 radical (unpaired) electrons. The highest BCUT2D eigenvalue weighted by Crippen LogP contribution is 2.32. The first-order valence-corrected chi connectivity index (χ1v) is 12.8. The smallest absolute Gasteiger partial charge is 0.169 e. The van der Waals surface area contributed by atoms with Crippen molar-refractivity contribution in [2.75, 3.05) is 61.3 Å². The van der Waals surface area contributed by atoms with Gasteiger partial charge in [0.2, 0.25) is 0 Å². The highest BCUT2D eigenvalue weighted by Gasteiger charge is 2.21. The number of anilines is 3. The van der Waals surface area contributed by atoms with E-state index in [1.165, 1.54) is 25.7 Å². The Hall–Kier alpha value is -3.83. The highest BCUT2D eigenvalue weighted by atomic mass is 16.3. The van der Waals surface area contributed by atoms with E-state index in [2.05, 4.69) is 47.8 Å². The minimum absolute atomic E-state index is 0.176. The van der Waals surface area contributed by atoms with Crippen molar-refractivity contribution in [3.63, 3.8) is 0 Å². The molecule has 186 valence electrons. The summed E-state index contributed by atoms with van der Waals surface area (Å²) in [7, 11) is 0. The monoisotopic (exact) mass is 483 g/mol. The molecule has 0 bridgehead atoms. The molecule has 2 fully saturated rings. The number of nitrogens with zero attached hydrogens (tertiary/aromatic N) is 6. The van der Waals surface area contributed by atoms with Crippen LogP contribution in [0.25, 0.3) is 11.3 Å². The number of benzene rings is 1. The van der Waals surface area contributed by atoms with Crippen molar-refractivity contribution in [1.29, 1.82) is 0 Å². The number of aromatic nitrogens is 3. The van der Waals surface area contributed by atoms with Crippen LogP contribution in [-0.2, 0) is 0 Å². The summed E-state index contributed by atoms with van der Waals surface area (Å²) in [5.41, 5.74) is 10.2. The van der Waals surface area contributed by atoms with E-state index in [0.717, 1.165) is 62.9 Å². The molecule has 4 heterocycles. The summed E-state index contributed by atoms with van der Waals surface area (Å²) in [6, 6.07) is 13.2. The Labute approximate surface area is 212 Å². The zero-order valence-corrected chi connectivity index (χ0v) is 20.6. The molecular weight excluding hydrogens is 450 g/mol. The Kier molecular flexibility index (Phi) is 7.48. The van der Waals surface area contributed by atoms with Gasteiger partial charge in [-0.15, -0.1) is 10.2 Å². The number of para-hydroxylation sites is 1. The minimum Gasteiger partial charge on any atom is -0.507 e. The molecule has 0 saturated carbocycles. The normalized spacial score (nSPS) is 16.8. The standard InChI is InChI=1S/C28H33N7O/c29-28-26(21-25(31-32-28)24-9-3-4-10-27(24)36)35-18-16-34(17-19-35)23-11-12-30-22(20-23)8-7-15-33-13-5-1-2-6-14-33/h3-4,9-12,20-21,36H,1-2,5-6,13-19H2,(H2,29,32). The fourth-order valence-corrected chi connectivity index (χ4v) is 4.89. The molecule has 1 aromatic carbocycles. The quantitative estimate of drug-likeness (QED) is 0.546. The first kappa shape index (κ1) is 23.9. The number of hydrogen-bond donors (Lipinski definition) is 2. The van der Waals surface area contributed by atoms with Gasteiger partial charge in [0.1, 0.15) is 11.4 Å². The molecule has 2 aromatic heterocycles. The Morgan fingerprint density at radius 3 is 2.39 bits per heavy atom. The number of nitrogens with two attached hydrogens (primary N) is 1. The third kappa shape index (κ3) is 5.69. The molecule has 5 rings (SSSR count). The minimum atomic E-state index is 0.176. The fraction of sp³-hybridized carbons (Fsp3) is 0.393. The van der Waals surface area contributed by atoms with Gasteiger partial charge in [-0.3, -0.25) is 4.90 Å². The predicted molar refractivity (Wildman–Crippen MR) is 144 cm³/mol. The maximum Gasteiger partial charge on any atom is 0.169 e. The van der Waals surface area contributed by atoms with Crippen molar-refractivity contribution >= 4 is 17.2 Å². The van der Waals surface area contributed by atoms with Crippen LogP contribution in [0.5, 0.6) is 5.75 Å². The maximum absolute atomic E-state index is 10.2. The van der Waals surface area contributed by atoms with Crippen molar-refractivity contribution in [3.05, 3.63) is 54.4 Å². The summed E-state index contributed by atoms with van der Waals surface area (Å²) in [5.74, 6) is 7.17. The summed E-state index contributed by atoms with van der Waals surface area (Å²) in [6.45, 7) is 6.41. The van der Waals surface area contributed by atoms with E-state index in [9.17, 15) is 5.11 Å². The Morgan fingerprint density at radius 2 is 1.61 bits per heavy atom. The number of pyridine rings is 1. The van der Waals surface area contributed by atoms with E-state index in [-0.39, 0.29) is 5.75 Å². The zero-order chi connectivity index (χ0) is 24.7. The molecule has 36 heavy (non-hydrogen) atoms. The topological polar surface area (TPSA) is 94.6 Å². The van der Waals surface area contributed by atoms with Gasteiger partial charge in [0.15, 0.2) is 5.82 Å². The largest absolute Gasteiger partial charge is 0.507 e. The molecule has 0 aliphatic carbocycles. The molecule has 0 amide bonds. The van der Waals surface area contributed by atoms with Gasteiger partial charge in [0, 0.05) is 43.6 Å². The molecule has 0 atom stereocenters. The Bertz CT molecular complexity index is 1240. The second kappa shape index (κ2) is 11.3. The summed E-state index contributed by atoms with van der Waals surface area (Å²) in [6.07, 6.45) is 7.07. The molecule has 3 N–H and O–H groups in total. The van der Waals surface area contributed by atoms with Gasteiger partial charge in [-0.2, -0.15) is 0 Å². The summed E-state index contributed by atoms with van der Waals surface area (Å²) in [5, 5.41) is 18.6. The van der Waals surface area contributed by atoms with E-state index in [1.54, 1.807) is 12.1 Å². The molecule has 8 heteroatoms. The van der Waals surface area contributed by atoms with E-state index >= 15 is 0 Å². The van der Waals surface area contributed by atoms with Gasteiger partial charge in [-0.25, -0.2) is 4.98 Å². The Balaban J connectivity index is 1.23. The van der Waals surface area contributed by atoms with Gasteiger partial charge in [0.25, 0.3) is 0 Å². The number of hydrogen-bond acceptors (Lipinski definition) is 8. The average Bonchev–Trinajstić information content (AvgIpc) is 3.19. The lowest BCUT2D eigenvalue weighted by Gasteiger charge is -2.37. The second-order valence-corrected chi connectivity index (χ2v) is 9.38. The maximum atomic E-state index is 10.2. The Morgan fingerprint density at radius 1 is 0.861 bits per heavy atom.